The second-order valence-corrected chi connectivity index (χ2v) is 6.67. The quantitative estimate of drug-likeness (QED) is 0.511. The Morgan fingerprint density at radius 2 is 1.97 bits per heavy atom. The van der Waals surface area contributed by atoms with Crippen LogP contribution in [0.25, 0.3) is 17.1 Å². The van der Waals surface area contributed by atoms with Gasteiger partial charge in [0.15, 0.2) is 0 Å². The van der Waals surface area contributed by atoms with Crippen LogP contribution in [0.15, 0.2) is 65.7 Å². The fraction of sp³-hybridized carbons (Fsp3) is 0.143. The van der Waals surface area contributed by atoms with Crippen LogP contribution >= 0.6 is 0 Å². The van der Waals surface area contributed by atoms with Gasteiger partial charge in [-0.05, 0) is 46.7 Å². The molecule has 4 rings (SSSR count). The maximum atomic E-state index is 12.5. The van der Waals surface area contributed by atoms with Gasteiger partial charge in [-0.15, -0.1) is 5.10 Å². The van der Waals surface area contributed by atoms with Crippen LogP contribution < -0.4 is 10.9 Å². The van der Waals surface area contributed by atoms with E-state index in [0.717, 1.165) is 16.8 Å². The lowest BCUT2D eigenvalue weighted by molar-refractivity contribution is -0.115. The molecule has 0 spiro atoms. The van der Waals surface area contributed by atoms with Gasteiger partial charge in [0, 0.05) is 23.0 Å². The number of aryl methyl sites for hydroxylation is 1. The first-order valence-electron chi connectivity index (χ1n) is 9.43. The van der Waals surface area contributed by atoms with E-state index in [1.54, 1.807) is 16.8 Å². The van der Waals surface area contributed by atoms with Crippen molar-refractivity contribution in [2.75, 3.05) is 5.32 Å². The van der Waals surface area contributed by atoms with Crippen LogP contribution in [0.4, 0.5) is 5.69 Å². The third-order valence-electron chi connectivity index (χ3n) is 4.49. The summed E-state index contributed by atoms with van der Waals surface area (Å²) in [6.07, 6.45) is 2.40. The molecule has 0 atom stereocenters. The average Bonchev–Trinajstić information content (AvgIpc) is 3.29. The molecule has 0 bridgehead atoms. The number of aromatic amines is 1. The molecule has 9 heteroatoms. The Kier molecular flexibility index (Phi) is 5.42. The summed E-state index contributed by atoms with van der Waals surface area (Å²) < 4.78 is 1.54. The van der Waals surface area contributed by atoms with Crippen molar-refractivity contribution in [3.8, 4) is 17.1 Å². The highest BCUT2D eigenvalue weighted by atomic mass is 16.1. The van der Waals surface area contributed by atoms with Gasteiger partial charge in [-0.2, -0.15) is 0 Å². The standard InChI is InChI=1S/C21H19N7O2/c1-2-16-12-20(30)25-21(24-16)15-4-3-5-17(11-15)23-19(29)10-14-6-8-18(9-7-14)28-13-22-26-27-28/h3-9,11-13H,2,10H2,1H3,(H,23,29)(H,24,25,30). The van der Waals surface area contributed by atoms with Crippen molar-refractivity contribution in [3.05, 3.63) is 82.5 Å². The zero-order valence-corrected chi connectivity index (χ0v) is 16.2. The number of carbonyl (C=O) groups is 1. The number of nitrogens with one attached hydrogen (secondary N) is 2. The molecule has 0 saturated heterocycles. The largest absolute Gasteiger partial charge is 0.326 e. The number of hydrogen-bond acceptors (Lipinski definition) is 6. The van der Waals surface area contributed by atoms with Crippen molar-refractivity contribution in [2.45, 2.75) is 19.8 Å². The van der Waals surface area contributed by atoms with Gasteiger partial charge in [0.2, 0.25) is 5.91 Å². The number of nitrogens with zero attached hydrogens (tertiary/aromatic N) is 5. The number of aromatic nitrogens is 6. The van der Waals surface area contributed by atoms with E-state index in [2.05, 4.69) is 30.8 Å². The Hall–Kier alpha value is -4.14. The number of rotatable bonds is 6. The van der Waals surface area contributed by atoms with Crippen LogP contribution in [0.3, 0.4) is 0 Å². The minimum absolute atomic E-state index is 0.147. The predicted molar refractivity (Wildman–Crippen MR) is 111 cm³/mol. The van der Waals surface area contributed by atoms with E-state index in [9.17, 15) is 9.59 Å². The van der Waals surface area contributed by atoms with E-state index in [0.29, 0.717) is 23.6 Å². The van der Waals surface area contributed by atoms with Crippen molar-refractivity contribution < 1.29 is 4.79 Å². The first kappa shape index (κ1) is 19.2. The summed E-state index contributed by atoms with van der Waals surface area (Å²) in [5, 5.41) is 13.9. The molecule has 30 heavy (non-hydrogen) atoms. The fourth-order valence-electron chi connectivity index (χ4n) is 3.01. The third kappa shape index (κ3) is 4.46. The van der Waals surface area contributed by atoms with Crippen molar-refractivity contribution >= 4 is 11.6 Å². The smallest absolute Gasteiger partial charge is 0.251 e. The van der Waals surface area contributed by atoms with Gasteiger partial charge in [-0.1, -0.05) is 31.2 Å². The molecule has 0 saturated carbocycles. The molecule has 1 amide bonds. The average molecular weight is 401 g/mol. The number of amides is 1. The van der Waals surface area contributed by atoms with Crippen LogP contribution in [-0.2, 0) is 17.6 Å². The van der Waals surface area contributed by atoms with Crippen molar-refractivity contribution in [1.82, 2.24) is 30.2 Å². The molecular formula is C21H19N7O2. The maximum absolute atomic E-state index is 12.5. The molecule has 9 nitrogen and oxygen atoms in total. The Morgan fingerprint density at radius 1 is 1.13 bits per heavy atom. The van der Waals surface area contributed by atoms with Crippen LogP contribution in [0.2, 0.25) is 0 Å². The first-order chi connectivity index (χ1) is 14.6. The second kappa shape index (κ2) is 8.48. The molecule has 0 fully saturated rings. The lowest BCUT2D eigenvalue weighted by Gasteiger charge is -2.08. The Balaban J connectivity index is 1.46. The van der Waals surface area contributed by atoms with Gasteiger partial charge in [-0.3, -0.25) is 9.59 Å². The Morgan fingerprint density at radius 3 is 2.70 bits per heavy atom. The highest BCUT2D eigenvalue weighted by molar-refractivity contribution is 5.92. The minimum atomic E-state index is -0.198. The summed E-state index contributed by atoms with van der Waals surface area (Å²) >= 11 is 0. The molecule has 4 aromatic rings. The fourth-order valence-corrected chi connectivity index (χ4v) is 3.01. The first-order valence-corrected chi connectivity index (χ1v) is 9.43. The summed E-state index contributed by atoms with van der Waals surface area (Å²) in [5.74, 6) is 0.333. The molecule has 2 aromatic carbocycles. The number of carbonyl (C=O) groups excluding carboxylic acids is 1. The van der Waals surface area contributed by atoms with Crippen LogP contribution in [0.1, 0.15) is 18.2 Å². The molecule has 0 aliphatic rings. The lowest BCUT2D eigenvalue weighted by Crippen LogP contribution is -2.14. The van der Waals surface area contributed by atoms with E-state index < -0.39 is 0 Å². The number of tetrazole rings is 1. The summed E-state index contributed by atoms with van der Waals surface area (Å²) in [6.45, 7) is 1.94. The number of anilines is 1. The van der Waals surface area contributed by atoms with Crippen LogP contribution in [-0.4, -0.2) is 36.1 Å². The van der Waals surface area contributed by atoms with Gasteiger partial charge in [0.05, 0.1) is 12.1 Å². The van der Waals surface area contributed by atoms with Crippen molar-refractivity contribution in [3.63, 3.8) is 0 Å². The minimum Gasteiger partial charge on any atom is -0.326 e. The molecule has 150 valence electrons. The summed E-state index contributed by atoms with van der Waals surface area (Å²) in [4.78, 5) is 31.5. The van der Waals surface area contributed by atoms with Gasteiger partial charge in [-0.25, -0.2) is 9.67 Å². The lowest BCUT2D eigenvalue weighted by atomic mass is 10.1. The third-order valence-corrected chi connectivity index (χ3v) is 4.49. The Labute approximate surface area is 171 Å². The molecule has 0 aliphatic carbocycles. The molecule has 2 N–H and O–H groups in total. The van der Waals surface area contributed by atoms with Crippen LogP contribution in [0, 0.1) is 0 Å². The molecule has 0 radical (unpaired) electrons. The molecule has 0 aliphatic heterocycles. The number of H-pyrrole nitrogens is 1. The summed E-state index contributed by atoms with van der Waals surface area (Å²) in [5.41, 5.74) is 3.55. The SMILES string of the molecule is CCc1cc(=O)[nH]c(-c2cccc(NC(=O)Cc3ccc(-n4cnnn4)cc3)c2)n1. The predicted octanol–water partition coefficient (Wildman–Crippen LogP) is 2.16. The zero-order chi connectivity index (χ0) is 20.9. The van der Waals surface area contributed by atoms with Crippen LogP contribution in [0.5, 0.6) is 0 Å². The molecular weight excluding hydrogens is 382 g/mol. The summed E-state index contributed by atoms with van der Waals surface area (Å²) in [6, 6.07) is 16.1. The number of hydrogen-bond donors (Lipinski definition) is 2. The van der Waals surface area contributed by atoms with E-state index in [4.69, 9.17) is 0 Å². The number of benzene rings is 2. The second-order valence-electron chi connectivity index (χ2n) is 6.67. The molecule has 2 aromatic heterocycles. The Bertz CT molecular complexity index is 1210. The highest BCUT2D eigenvalue weighted by Gasteiger charge is 2.08. The maximum Gasteiger partial charge on any atom is 0.251 e. The van der Waals surface area contributed by atoms with Gasteiger partial charge in [0.1, 0.15) is 12.2 Å². The highest BCUT2D eigenvalue weighted by Crippen LogP contribution is 2.19. The van der Waals surface area contributed by atoms with E-state index >= 15 is 0 Å². The van der Waals surface area contributed by atoms with Crippen molar-refractivity contribution in [2.24, 2.45) is 0 Å². The van der Waals surface area contributed by atoms with Gasteiger partial charge in [0.25, 0.3) is 5.56 Å². The van der Waals surface area contributed by atoms with Gasteiger partial charge >= 0.3 is 0 Å². The normalized spacial score (nSPS) is 10.7. The molecule has 2 heterocycles. The monoisotopic (exact) mass is 401 g/mol. The van der Waals surface area contributed by atoms with E-state index in [1.807, 2.05) is 43.3 Å². The van der Waals surface area contributed by atoms with Crippen molar-refractivity contribution in [1.29, 1.82) is 0 Å². The molecule has 0 unspecified atom stereocenters. The van der Waals surface area contributed by atoms with Gasteiger partial charge < -0.3 is 10.3 Å². The zero-order valence-electron chi connectivity index (χ0n) is 16.2. The summed E-state index contributed by atoms with van der Waals surface area (Å²) in [7, 11) is 0. The van der Waals surface area contributed by atoms with E-state index in [1.165, 1.54) is 12.4 Å². The van der Waals surface area contributed by atoms with E-state index in [-0.39, 0.29) is 17.9 Å². The topological polar surface area (TPSA) is 118 Å².